The fourth-order valence-corrected chi connectivity index (χ4v) is 5.02. The summed E-state index contributed by atoms with van der Waals surface area (Å²) in [6, 6.07) is 10.7. The maximum Gasteiger partial charge on any atom is 0.231 e. The van der Waals surface area contributed by atoms with Crippen LogP contribution in [0.5, 0.6) is 17.2 Å². The molecule has 3 aliphatic rings. The van der Waals surface area contributed by atoms with E-state index >= 15 is 0 Å². The minimum absolute atomic E-state index is 0.203. The second kappa shape index (κ2) is 7.49. The third-order valence-corrected chi connectivity index (χ3v) is 6.42. The molecular weight excluding hydrogens is 386 g/mol. The molecule has 2 aromatic carbocycles. The highest BCUT2D eigenvalue weighted by Crippen LogP contribution is 2.55. The predicted octanol–water partition coefficient (Wildman–Crippen LogP) is 5.36. The first-order chi connectivity index (χ1) is 14.3. The van der Waals surface area contributed by atoms with Crippen LogP contribution in [0.4, 0.5) is 5.69 Å². The lowest BCUT2D eigenvalue weighted by Gasteiger charge is -2.26. The van der Waals surface area contributed by atoms with Crippen LogP contribution in [0.2, 0.25) is 0 Å². The van der Waals surface area contributed by atoms with Gasteiger partial charge in [0.05, 0.1) is 5.41 Å². The van der Waals surface area contributed by atoms with E-state index in [0.29, 0.717) is 12.5 Å². The largest absolute Gasteiger partial charge is 0.492 e. The van der Waals surface area contributed by atoms with Crippen LogP contribution in [-0.2, 0) is 5.41 Å². The molecule has 29 heavy (non-hydrogen) atoms. The third-order valence-electron chi connectivity index (χ3n) is 6.24. The molecule has 4 nitrogen and oxygen atoms in total. The first-order valence-electron chi connectivity index (χ1n) is 10.4. The monoisotopic (exact) mass is 411 g/mol. The van der Waals surface area contributed by atoms with Gasteiger partial charge in [-0.05, 0) is 29.7 Å². The van der Waals surface area contributed by atoms with Crippen LogP contribution in [0.3, 0.4) is 0 Å². The molecular formula is C24H26ClNO3. The fraction of sp³-hybridized carbons (Fsp3) is 0.417. The normalized spacial score (nSPS) is 21.1. The molecule has 0 radical (unpaired) electrons. The number of halogens is 1. The van der Waals surface area contributed by atoms with Gasteiger partial charge in [0.15, 0.2) is 11.5 Å². The summed E-state index contributed by atoms with van der Waals surface area (Å²) in [5, 5.41) is 0. The van der Waals surface area contributed by atoms with Gasteiger partial charge >= 0.3 is 0 Å². The quantitative estimate of drug-likeness (QED) is 0.473. The van der Waals surface area contributed by atoms with Crippen LogP contribution in [0, 0.1) is 0 Å². The number of unbranched alkanes of at least 4 members (excludes halogenated alkanes) is 2. The first-order valence-corrected chi connectivity index (χ1v) is 11.0. The van der Waals surface area contributed by atoms with Crippen molar-refractivity contribution < 1.29 is 14.2 Å². The maximum atomic E-state index is 6.24. The van der Waals surface area contributed by atoms with Crippen LogP contribution in [0.25, 0.3) is 6.08 Å². The van der Waals surface area contributed by atoms with E-state index in [1.165, 1.54) is 41.6 Å². The van der Waals surface area contributed by atoms with Crippen molar-refractivity contribution in [3.05, 3.63) is 53.1 Å². The summed E-state index contributed by atoms with van der Waals surface area (Å²) in [7, 11) is 0. The molecule has 5 heteroatoms. The lowest BCUT2D eigenvalue weighted by Crippen LogP contribution is -2.36. The highest BCUT2D eigenvalue weighted by molar-refractivity contribution is 6.19. The van der Waals surface area contributed by atoms with E-state index in [9.17, 15) is 0 Å². The average Bonchev–Trinajstić information content (AvgIpc) is 3.43. The number of hydrogen-bond acceptors (Lipinski definition) is 4. The number of nitrogens with zero attached hydrogens (tertiary/aromatic N) is 1. The number of anilines is 1. The SMILES string of the molecule is CCCCCN1CC2(COc3cc4c(cc32)OCO4)c2c(/C=C\CCl)cccc21. The van der Waals surface area contributed by atoms with E-state index in [1.807, 2.05) is 12.1 Å². The molecule has 1 spiro atoms. The maximum absolute atomic E-state index is 6.24. The molecule has 0 saturated carbocycles. The van der Waals surface area contributed by atoms with Crippen molar-refractivity contribution in [2.24, 2.45) is 0 Å². The smallest absolute Gasteiger partial charge is 0.231 e. The molecule has 0 aromatic heterocycles. The molecule has 0 fully saturated rings. The third kappa shape index (κ3) is 2.96. The summed E-state index contributed by atoms with van der Waals surface area (Å²) in [6.45, 7) is 5.14. The van der Waals surface area contributed by atoms with Gasteiger partial charge < -0.3 is 19.1 Å². The second-order valence-corrected chi connectivity index (χ2v) is 8.31. The van der Waals surface area contributed by atoms with Crippen molar-refractivity contribution in [1.29, 1.82) is 0 Å². The highest BCUT2D eigenvalue weighted by atomic mass is 35.5. The van der Waals surface area contributed by atoms with Gasteiger partial charge in [-0.25, -0.2) is 0 Å². The number of benzene rings is 2. The Morgan fingerprint density at radius 2 is 1.97 bits per heavy atom. The van der Waals surface area contributed by atoms with Gasteiger partial charge in [-0.15, -0.1) is 11.6 Å². The Labute approximate surface area is 177 Å². The Kier molecular flexibility index (Phi) is 4.83. The Morgan fingerprint density at radius 3 is 2.79 bits per heavy atom. The molecule has 1 atom stereocenters. The molecule has 1 unspecified atom stereocenters. The summed E-state index contributed by atoms with van der Waals surface area (Å²) in [4.78, 5) is 2.53. The van der Waals surface area contributed by atoms with Crippen LogP contribution >= 0.6 is 11.6 Å². The van der Waals surface area contributed by atoms with Crippen molar-refractivity contribution in [2.45, 2.75) is 31.6 Å². The van der Waals surface area contributed by atoms with E-state index in [-0.39, 0.29) is 12.2 Å². The van der Waals surface area contributed by atoms with E-state index in [4.69, 9.17) is 25.8 Å². The Bertz CT molecular complexity index is 957. The number of rotatable bonds is 6. The topological polar surface area (TPSA) is 30.9 Å². The van der Waals surface area contributed by atoms with Gasteiger partial charge in [-0.3, -0.25) is 0 Å². The van der Waals surface area contributed by atoms with E-state index in [0.717, 1.165) is 30.3 Å². The van der Waals surface area contributed by atoms with Gasteiger partial charge in [0.2, 0.25) is 6.79 Å². The van der Waals surface area contributed by atoms with Crippen molar-refractivity contribution in [2.75, 3.05) is 37.3 Å². The molecule has 0 saturated heterocycles. The minimum atomic E-state index is -0.203. The standard InChI is InChI=1S/C24H26ClNO3/c1-2-3-4-11-26-14-24(23-17(8-6-10-25)7-5-9-19(23)26)15-27-20-13-22-21(12-18(20)24)28-16-29-22/h5-9,12-13H,2-4,10-11,14-16H2,1H3/b8-6-. The summed E-state index contributed by atoms with van der Waals surface area (Å²) in [5.41, 5.74) is 4.87. The van der Waals surface area contributed by atoms with Gasteiger partial charge in [0, 0.05) is 36.3 Å². The van der Waals surface area contributed by atoms with E-state index < -0.39 is 0 Å². The molecule has 3 heterocycles. The molecule has 0 amide bonds. The summed E-state index contributed by atoms with van der Waals surface area (Å²) in [5.74, 6) is 3.00. The molecule has 0 bridgehead atoms. The Hall–Kier alpha value is -2.33. The number of allylic oxidation sites excluding steroid dienone is 1. The fourth-order valence-electron chi connectivity index (χ4n) is 4.93. The summed E-state index contributed by atoms with van der Waals surface area (Å²) in [6.07, 6.45) is 7.83. The van der Waals surface area contributed by atoms with Crippen LogP contribution in [-0.4, -0.2) is 32.4 Å². The number of fused-ring (bicyclic) bond motifs is 5. The van der Waals surface area contributed by atoms with Crippen LogP contribution < -0.4 is 19.1 Å². The van der Waals surface area contributed by atoms with Gasteiger partial charge in [0.25, 0.3) is 0 Å². The number of alkyl halides is 1. The summed E-state index contributed by atoms with van der Waals surface area (Å²) < 4.78 is 17.5. The van der Waals surface area contributed by atoms with Gasteiger partial charge in [-0.2, -0.15) is 0 Å². The minimum Gasteiger partial charge on any atom is -0.492 e. The molecule has 3 aliphatic heterocycles. The van der Waals surface area contributed by atoms with Gasteiger partial charge in [0.1, 0.15) is 12.4 Å². The van der Waals surface area contributed by atoms with Gasteiger partial charge in [-0.1, -0.05) is 44.1 Å². The van der Waals surface area contributed by atoms with E-state index in [1.54, 1.807) is 0 Å². The van der Waals surface area contributed by atoms with Crippen LogP contribution in [0.15, 0.2) is 36.4 Å². The van der Waals surface area contributed by atoms with Crippen molar-refractivity contribution in [3.63, 3.8) is 0 Å². The lowest BCUT2D eigenvalue weighted by atomic mass is 9.75. The summed E-state index contributed by atoms with van der Waals surface area (Å²) >= 11 is 5.96. The molecule has 5 rings (SSSR count). The Balaban J connectivity index is 1.64. The predicted molar refractivity (Wildman–Crippen MR) is 117 cm³/mol. The first kappa shape index (κ1) is 18.7. The van der Waals surface area contributed by atoms with Crippen molar-refractivity contribution >= 4 is 23.4 Å². The molecule has 152 valence electrons. The molecule has 0 N–H and O–H groups in total. The number of hydrogen-bond donors (Lipinski definition) is 0. The zero-order valence-electron chi connectivity index (χ0n) is 16.7. The Morgan fingerprint density at radius 1 is 1.10 bits per heavy atom. The van der Waals surface area contributed by atoms with E-state index in [2.05, 4.69) is 42.2 Å². The average molecular weight is 412 g/mol. The van der Waals surface area contributed by atoms with Crippen molar-refractivity contribution in [3.8, 4) is 17.2 Å². The van der Waals surface area contributed by atoms with Crippen molar-refractivity contribution in [1.82, 2.24) is 0 Å². The molecule has 0 aliphatic carbocycles. The zero-order valence-corrected chi connectivity index (χ0v) is 17.5. The highest BCUT2D eigenvalue weighted by Gasteiger charge is 2.51. The van der Waals surface area contributed by atoms with Crippen LogP contribution in [0.1, 0.15) is 42.9 Å². The lowest BCUT2D eigenvalue weighted by molar-refractivity contribution is 0.173. The number of ether oxygens (including phenoxy) is 3. The zero-order chi connectivity index (χ0) is 19.8. The second-order valence-electron chi connectivity index (χ2n) is 8.00. The molecule has 2 aromatic rings.